The van der Waals surface area contributed by atoms with Crippen LogP contribution in [0, 0.1) is 5.41 Å². The highest BCUT2D eigenvalue weighted by Gasteiger charge is 2.27. The second kappa shape index (κ2) is 4.05. The molecule has 2 rings (SSSR count). The van der Waals surface area contributed by atoms with E-state index in [2.05, 4.69) is 28.9 Å². The van der Waals surface area contributed by atoms with Gasteiger partial charge >= 0.3 is 0 Å². The fourth-order valence-corrected chi connectivity index (χ4v) is 1.85. The summed E-state index contributed by atoms with van der Waals surface area (Å²) in [5.41, 5.74) is 6.12. The van der Waals surface area contributed by atoms with Gasteiger partial charge < -0.3 is 15.2 Å². The van der Waals surface area contributed by atoms with Gasteiger partial charge in [-0.25, -0.2) is 0 Å². The molecule has 0 bridgehead atoms. The van der Waals surface area contributed by atoms with E-state index in [1.807, 2.05) is 6.92 Å². The van der Waals surface area contributed by atoms with Crippen molar-refractivity contribution in [2.24, 2.45) is 11.1 Å². The lowest BCUT2D eigenvalue weighted by atomic mass is 9.83. The zero-order chi connectivity index (χ0) is 11.8. The molecule has 0 spiro atoms. The van der Waals surface area contributed by atoms with E-state index in [-0.39, 0.29) is 6.04 Å². The second-order valence-electron chi connectivity index (χ2n) is 5.37. The molecule has 2 N–H and O–H groups in total. The molecule has 0 aliphatic carbocycles. The first-order valence-corrected chi connectivity index (χ1v) is 5.82. The molecular formula is C11H20N4O. The average molecular weight is 224 g/mol. The van der Waals surface area contributed by atoms with Gasteiger partial charge in [0.15, 0.2) is 0 Å². The number of rotatable bonds is 2. The second-order valence-corrected chi connectivity index (χ2v) is 5.37. The summed E-state index contributed by atoms with van der Waals surface area (Å²) >= 11 is 0. The summed E-state index contributed by atoms with van der Waals surface area (Å²) in [5, 5.41) is 3.97. The standard InChI is InChI=1S/C11H20N4O/c1-8(12)9-13-10(14-16-9)15-6-4-11(2,3)5-7-15/h8H,4-7,12H2,1-3H3/t8-/m0/s1. The first-order chi connectivity index (χ1) is 7.48. The zero-order valence-corrected chi connectivity index (χ0v) is 10.2. The quantitative estimate of drug-likeness (QED) is 0.828. The molecule has 0 aromatic carbocycles. The van der Waals surface area contributed by atoms with Crippen LogP contribution in [0.1, 0.15) is 45.5 Å². The topological polar surface area (TPSA) is 68.2 Å². The third-order valence-electron chi connectivity index (χ3n) is 3.22. The van der Waals surface area contributed by atoms with Crippen molar-refractivity contribution in [3.8, 4) is 0 Å². The van der Waals surface area contributed by atoms with Gasteiger partial charge in [0, 0.05) is 13.1 Å². The smallest absolute Gasteiger partial charge is 0.266 e. The summed E-state index contributed by atoms with van der Waals surface area (Å²) in [6, 6.07) is -0.192. The summed E-state index contributed by atoms with van der Waals surface area (Å²) in [6.07, 6.45) is 2.32. The van der Waals surface area contributed by atoms with Gasteiger partial charge in [-0.05, 0) is 30.3 Å². The predicted octanol–water partition coefficient (Wildman–Crippen LogP) is 1.72. The van der Waals surface area contributed by atoms with Gasteiger partial charge in [-0.1, -0.05) is 13.8 Å². The predicted molar refractivity (Wildman–Crippen MR) is 62.1 cm³/mol. The Morgan fingerprint density at radius 2 is 2.00 bits per heavy atom. The fourth-order valence-electron chi connectivity index (χ4n) is 1.85. The highest BCUT2D eigenvalue weighted by atomic mass is 16.5. The number of nitrogens with two attached hydrogens (primary N) is 1. The van der Waals surface area contributed by atoms with E-state index in [1.165, 1.54) is 0 Å². The number of piperidine rings is 1. The van der Waals surface area contributed by atoms with Gasteiger partial charge in [0.1, 0.15) is 0 Å². The van der Waals surface area contributed by atoms with Crippen LogP contribution in [0.2, 0.25) is 0 Å². The summed E-state index contributed by atoms with van der Waals surface area (Å²) in [7, 11) is 0. The van der Waals surface area contributed by atoms with Gasteiger partial charge in [0.2, 0.25) is 5.89 Å². The Morgan fingerprint density at radius 3 is 2.50 bits per heavy atom. The highest BCUT2D eigenvalue weighted by molar-refractivity contribution is 5.28. The molecular weight excluding hydrogens is 204 g/mol. The third-order valence-corrected chi connectivity index (χ3v) is 3.22. The van der Waals surface area contributed by atoms with E-state index in [1.54, 1.807) is 0 Å². The third kappa shape index (κ3) is 2.35. The van der Waals surface area contributed by atoms with E-state index in [0.29, 0.717) is 17.3 Å². The molecule has 0 radical (unpaired) electrons. The Kier molecular flexibility index (Phi) is 2.88. The van der Waals surface area contributed by atoms with Crippen LogP contribution < -0.4 is 10.6 Å². The van der Waals surface area contributed by atoms with Crippen molar-refractivity contribution in [1.82, 2.24) is 10.1 Å². The lowest BCUT2D eigenvalue weighted by Gasteiger charge is -2.36. The van der Waals surface area contributed by atoms with Crippen LogP contribution in [-0.4, -0.2) is 23.2 Å². The van der Waals surface area contributed by atoms with E-state index in [0.717, 1.165) is 25.9 Å². The summed E-state index contributed by atoms with van der Waals surface area (Å²) in [4.78, 5) is 6.47. The zero-order valence-electron chi connectivity index (χ0n) is 10.2. The van der Waals surface area contributed by atoms with Crippen LogP contribution in [0.25, 0.3) is 0 Å². The van der Waals surface area contributed by atoms with Crippen LogP contribution in [0.3, 0.4) is 0 Å². The van der Waals surface area contributed by atoms with Crippen molar-refractivity contribution in [3.63, 3.8) is 0 Å². The molecule has 90 valence electrons. The van der Waals surface area contributed by atoms with E-state index in [4.69, 9.17) is 10.3 Å². The highest BCUT2D eigenvalue weighted by Crippen LogP contribution is 2.31. The molecule has 1 aliphatic heterocycles. The first-order valence-electron chi connectivity index (χ1n) is 5.82. The molecule has 0 saturated carbocycles. The van der Waals surface area contributed by atoms with E-state index < -0.39 is 0 Å². The molecule has 2 heterocycles. The first kappa shape index (κ1) is 11.4. The maximum Gasteiger partial charge on any atom is 0.266 e. The lowest BCUT2D eigenvalue weighted by Crippen LogP contribution is -2.37. The van der Waals surface area contributed by atoms with Gasteiger partial charge in [0.05, 0.1) is 6.04 Å². The summed E-state index contributed by atoms with van der Waals surface area (Å²) < 4.78 is 5.10. The van der Waals surface area contributed by atoms with Gasteiger partial charge in [-0.3, -0.25) is 0 Å². The Bertz CT molecular complexity index is 349. The molecule has 1 aromatic rings. The van der Waals surface area contributed by atoms with Crippen molar-refractivity contribution in [3.05, 3.63) is 5.89 Å². The van der Waals surface area contributed by atoms with Crippen LogP contribution >= 0.6 is 0 Å². The van der Waals surface area contributed by atoms with E-state index in [9.17, 15) is 0 Å². The van der Waals surface area contributed by atoms with Gasteiger partial charge in [-0.2, -0.15) is 4.98 Å². The van der Waals surface area contributed by atoms with Crippen LogP contribution in [0.15, 0.2) is 4.52 Å². The molecule has 5 nitrogen and oxygen atoms in total. The largest absolute Gasteiger partial charge is 0.338 e. The number of hydrogen-bond acceptors (Lipinski definition) is 5. The van der Waals surface area contributed by atoms with Crippen LogP contribution in [0.4, 0.5) is 5.95 Å². The van der Waals surface area contributed by atoms with Crippen LogP contribution in [0.5, 0.6) is 0 Å². The molecule has 1 aliphatic rings. The van der Waals surface area contributed by atoms with Crippen molar-refractivity contribution >= 4 is 5.95 Å². The normalized spacial score (nSPS) is 22.1. The fraction of sp³-hybridized carbons (Fsp3) is 0.818. The minimum absolute atomic E-state index is 0.192. The van der Waals surface area contributed by atoms with Crippen molar-refractivity contribution in [2.75, 3.05) is 18.0 Å². The van der Waals surface area contributed by atoms with Crippen molar-refractivity contribution in [2.45, 2.75) is 39.7 Å². The Balaban J connectivity index is 2.03. The number of anilines is 1. The number of nitrogens with zero attached hydrogens (tertiary/aromatic N) is 3. The summed E-state index contributed by atoms with van der Waals surface area (Å²) in [6.45, 7) is 8.42. The molecule has 1 aromatic heterocycles. The maximum absolute atomic E-state index is 5.68. The maximum atomic E-state index is 5.68. The van der Waals surface area contributed by atoms with Crippen molar-refractivity contribution in [1.29, 1.82) is 0 Å². The molecule has 5 heteroatoms. The molecule has 1 atom stereocenters. The van der Waals surface area contributed by atoms with Crippen molar-refractivity contribution < 1.29 is 4.52 Å². The van der Waals surface area contributed by atoms with Gasteiger partial charge in [0.25, 0.3) is 5.95 Å². The Labute approximate surface area is 96.0 Å². The average Bonchev–Trinajstić information content (AvgIpc) is 2.66. The lowest BCUT2D eigenvalue weighted by molar-refractivity contribution is 0.276. The molecule has 0 amide bonds. The number of aromatic nitrogens is 2. The minimum Gasteiger partial charge on any atom is -0.338 e. The number of hydrogen-bond donors (Lipinski definition) is 1. The Hall–Kier alpha value is -1.10. The van der Waals surface area contributed by atoms with E-state index >= 15 is 0 Å². The Morgan fingerprint density at radius 1 is 1.38 bits per heavy atom. The molecule has 0 unspecified atom stereocenters. The van der Waals surface area contributed by atoms with Gasteiger partial charge in [-0.15, -0.1) is 0 Å². The molecule has 1 saturated heterocycles. The molecule has 16 heavy (non-hydrogen) atoms. The molecule has 1 fully saturated rings. The minimum atomic E-state index is -0.192. The summed E-state index contributed by atoms with van der Waals surface area (Å²) in [5.74, 6) is 1.20. The SMILES string of the molecule is C[C@H](N)c1nc(N2CCC(C)(C)CC2)no1. The van der Waals surface area contributed by atoms with Crippen LogP contribution in [-0.2, 0) is 0 Å². The monoisotopic (exact) mass is 224 g/mol.